The highest BCUT2D eigenvalue weighted by molar-refractivity contribution is 8.14. The molecule has 2 rings (SSSR count). The molecule has 0 aromatic carbocycles. The second kappa shape index (κ2) is 7.17. The lowest BCUT2D eigenvalue weighted by molar-refractivity contribution is 0.213. The molecule has 1 fully saturated rings. The summed E-state index contributed by atoms with van der Waals surface area (Å²) < 4.78 is 0. The van der Waals surface area contributed by atoms with E-state index in [1.807, 2.05) is 11.8 Å². The van der Waals surface area contributed by atoms with E-state index in [-0.39, 0.29) is 0 Å². The minimum absolute atomic E-state index is 0.413. The van der Waals surface area contributed by atoms with Crippen molar-refractivity contribution in [2.75, 3.05) is 33.2 Å². The summed E-state index contributed by atoms with van der Waals surface area (Å²) in [6, 6.07) is 0. The molecule has 0 amide bonds. The summed E-state index contributed by atoms with van der Waals surface area (Å²) in [4.78, 5) is 7.10. The van der Waals surface area contributed by atoms with E-state index >= 15 is 0 Å². The molecule has 0 radical (unpaired) electrons. The van der Waals surface area contributed by atoms with Crippen LogP contribution >= 0.6 is 11.8 Å². The molecule has 3 nitrogen and oxygen atoms in total. The molecule has 0 spiro atoms. The van der Waals surface area contributed by atoms with Crippen LogP contribution in [-0.4, -0.2) is 48.5 Å². The highest BCUT2D eigenvalue weighted by Crippen LogP contribution is 2.31. The predicted molar refractivity (Wildman–Crippen MR) is 90.6 cm³/mol. The van der Waals surface area contributed by atoms with E-state index in [2.05, 4.69) is 43.0 Å². The van der Waals surface area contributed by atoms with Gasteiger partial charge in [-0.05, 0) is 57.2 Å². The van der Waals surface area contributed by atoms with Gasteiger partial charge in [-0.15, -0.1) is 0 Å². The summed E-state index contributed by atoms with van der Waals surface area (Å²) in [6.07, 6.45) is 5.29. The summed E-state index contributed by atoms with van der Waals surface area (Å²) in [5.41, 5.74) is 0.413. The van der Waals surface area contributed by atoms with E-state index in [1.54, 1.807) is 0 Å². The Balaban J connectivity index is 1.59. The van der Waals surface area contributed by atoms with Crippen LogP contribution in [0.4, 0.5) is 0 Å². The van der Waals surface area contributed by atoms with Gasteiger partial charge in [0, 0.05) is 11.8 Å². The summed E-state index contributed by atoms with van der Waals surface area (Å²) in [6.45, 7) is 11.6. The third-order valence-electron chi connectivity index (χ3n) is 4.22. The van der Waals surface area contributed by atoms with Crippen molar-refractivity contribution in [3.05, 3.63) is 0 Å². The molecule has 0 aromatic heterocycles. The van der Waals surface area contributed by atoms with Crippen LogP contribution in [0.3, 0.4) is 0 Å². The van der Waals surface area contributed by atoms with Gasteiger partial charge in [-0.3, -0.25) is 4.99 Å². The molecule has 0 aliphatic carbocycles. The third kappa shape index (κ3) is 5.65. The summed E-state index contributed by atoms with van der Waals surface area (Å²) in [5, 5.41) is 5.42. The molecule has 1 N–H and O–H groups in total. The lowest BCUT2D eigenvalue weighted by Gasteiger charge is -2.29. The topological polar surface area (TPSA) is 27.6 Å². The number of hydrogen-bond acceptors (Lipinski definition) is 4. The van der Waals surface area contributed by atoms with Crippen LogP contribution in [0.1, 0.15) is 46.5 Å². The second-order valence-corrected chi connectivity index (χ2v) is 8.90. The van der Waals surface area contributed by atoms with Crippen LogP contribution in [0.5, 0.6) is 0 Å². The first-order valence-corrected chi connectivity index (χ1v) is 8.94. The molecular formula is C16H31N3S. The Bertz CT molecular complexity index is 327. The van der Waals surface area contributed by atoms with Crippen molar-refractivity contribution in [3.63, 3.8) is 0 Å². The monoisotopic (exact) mass is 297 g/mol. The Kier molecular flexibility index (Phi) is 5.79. The van der Waals surface area contributed by atoms with Crippen molar-refractivity contribution in [3.8, 4) is 0 Å². The van der Waals surface area contributed by atoms with Crippen molar-refractivity contribution in [2.24, 2.45) is 16.3 Å². The zero-order valence-electron chi connectivity index (χ0n) is 13.6. The molecule has 2 aliphatic heterocycles. The summed E-state index contributed by atoms with van der Waals surface area (Å²) in [7, 11) is 2.23. The van der Waals surface area contributed by atoms with E-state index in [0.717, 1.165) is 19.0 Å². The van der Waals surface area contributed by atoms with Crippen LogP contribution in [0, 0.1) is 11.3 Å². The number of likely N-dealkylation sites (tertiary alicyclic amines) is 1. The maximum Gasteiger partial charge on any atom is 0.156 e. The Morgan fingerprint density at radius 2 is 2.00 bits per heavy atom. The summed E-state index contributed by atoms with van der Waals surface area (Å²) in [5.74, 6) is 0.913. The molecule has 1 saturated heterocycles. The largest absolute Gasteiger partial charge is 0.365 e. The van der Waals surface area contributed by atoms with E-state index in [4.69, 9.17) is 0 Å². The average molecular weight is 298 g/mol. The van der Waals surface area contributed by atoms with Crippen molar-refractivity contribution in [1.82, 2.24) is 10.2 Å². The predicted octanol–water partition coefficient (Wildman–Crippen LogP) is 3.22. The average Bonchev–Trinajstić information content (AvgIpc) is 2.77. The van der Waals surface area contributed by atoms with Gasteiger partial charge in [-0.2, -0.15) is 0 Å². The van der Waals surface area contributed by atoms with E-state index in [9.17, 15) is 0 Å². The van der Waals surface area contributed by atoms with Crippen LogP contribution in [0.2, 0.25) is 0 Å². The molecule has 20 heavy (non-hydrogen) atoms. The standard InChI is InChI=1S/C16H31N3S/c1-16(2,3)11-14-12-18-15(20-14)17-8-5-13-6-9-19(4)10-7-13/h13-14H,5-12H2,1-4H3,(H,17,18). The van der Waals surface area contributed by atoms with Crippen molar-refractivity contribution < 1.29 is 0 Å². The Morgan fingerprint density at radius 1 is 1.30 bits per heavy atom. The zero-order chi connectivity index (χ0) is 14.6. The minimum atomic E-state index is 0.413. The fraction of sp³-hybridized carbons (Fsp3) is 0.938. The lowest BCUT2D eigenvalue weighted by Crippen LogP contribution is -2.32. The third-order valence-corrected chi connectivity index (χ3v) is 5.37. The Labute approximate surface area is 129 Å². The highest BCUT2D eigenvalue weighted by atomic mass is 32.2. The van der Waals surface area contributed by atoms with Gasteiger partial charge < -0.3 is 10.2 Å². The van der Waals surface area contributed by atoms with Gasteiger partial charge in [-0.25, -0.2) is 0 Å². The summed E-state index contributed by atoms with van der Waals surface area (Å²) >= 11 is 1.96. The minimum Gasteiger partial charge on any atom is -0.365 e. The van der Waals surface area contributed by atoms with Gasteiger partial charge in [0.15, 0.2) is 5.17 Å². The highest BCUT2D eigenvalue weighted by Gasteiger charge is 2.25. The van der Waals surface area contributed by atoms with Crippen LogP contribution in [-0.2, 0) is 0 Å². The molecular weight excluding hydrogens is 266 g/mol. The fourth-order valence-electron chi connectivity index (χ4n) is 3.04. The van der Waals surface area contributed by atoms with Crippen LogP contribution in [0.15, 0.2) is 4.99 Å². The van der Waals surface area contributed by atoms with Crippen LogP contribution < -0.4 is 5.32 Å². The van der Waals surface area contributed by atoms with Gasteiger partial charge in [0.1, 0.15) is 0 Å². The number of nitrogens with zero attached hydrogens (tertiary/aromatic N) is 2. The maximum absolute atomic E-state index is 4.66. The lowest BCUT2D eigenvalue weighted by atomic mass is 9.90. The zero-order valence-corrected chi connectivity index (χ0v) is 14.4. The van der Waals surface area contributed by atoms with Crippen molar-refractivity contribution in [2.45, 2.75) is 51.7 Å². The van der Waals surface area contributed by atoms with Gasteiger partial charge in [-0.1, -0.05) is 32.5 Å². The fourth-order valence-corrected chi connectivity index (χ4v) is 4.42. The van der Waals surface area contributed by atoms with Gasteiger partial charge in [0.25, 0.3) is 0 Å². The van der Waals surface area contributed by atoms with E-state index < -0.39 is 0 Å². The number of nitrogens with one attached hydrogen (secondary N) is 1. The molecule has 0 saturated carbocycles. The van der Waals surface area contributed by atoms with E-state index in [0.29, 0.717) is 10.7 Å². The smallest absolute Gasteiger partial charge is 0.156 e. The molecule has 2 heterocycles. The SMILES string of the molecule is CN1CCC(CCNC2=NCC(CC(C)(C)C)S2)CC1. The molecule has 116 valence electrons. The number of hydrogen-bond donors (Lipinski definition) is 1. The van der Waals surface area contributed by atoms with Crippen molar-refractivity contribution in [1.29, 1.82) is 0 Å². The molecule has 0 aromatic rings. The first-order chi connectivity index (χ1) is 9.42. The second-order valence-electron chi connectivity index (χ2n) is 7.61. The van der Waals surface area contributed by atoms with Gasteiger partial charge in [0.2, 0.25) is 0 Å². The molecule has 4 heteroatoms. The molecule has 0 bridgehead atoms. The number of amidine groups is 1. The first-order valence-electron chi connectivity index (χ1n) is 8.06. The van der Waals surface area contributed by atoms with E-state index in [1.165, 1.54) is 43.9 Å². The number of piperidine rings is 1. The Morgan fingerprint density at radius 3 is 2.65 bits per heavy atom. The normalized spacial score (nSPS) is 25.8. The molecule has 1 unspecified atom stereocenters. The molecule has 2 aliphatic rings. The Hall–Kier alpha value is -0.220. The number of thioether (sulfide) groups is 1. The number of aliphatic imine (C=N–C) groups is 1. The van der Waals surface area contributed by atoms with Crippen LogP contribution in [0.25, 0.3) is 0 Å². The first kappa shape index (κ1) is 16.2. The van der Waals surface area contributed by atoms with Crippen molar-refractivity contribution >= 4 is 16.9 Å². The molecule has 1 atom stereocenters. The van der Waals surface area contributed by atoms with Gasteiger partial charge >= 0.3 is 0 Å². The van der Waals surface area contributed by atoms with Gasteiger partial charge in [0.05, 0.1) is 6.54 Å². The maximum atomic E-state index is 4.66. The number of rotatable bonds is 4. The quantitative estimate of drug-likeness (QED) is 0.863.